The number of aryl methyl sites for hydroxylation is 1. The van der Waals surface area contributed by atoms with Crippen LogP contribution in [0.15, 0.2) is 90.2 Å². The van der Waals surface area contributed by atoms with Gasteiger partial charge in [0.15, 0.2) is 14.0 Å². The highest BCUT2D eigenvalue weighted by Gasteiger charge is 2.44. The van der Waals surface area contributed by atoms with Gasteiger partial charge < -0.3 is 4.43 Å². The monoisotopic (exact) mass is 632 g/mol. The molecule has 0 radical (unpaired) electrons. The van der Waals surface area contributed by atoms with Crippen LogP contribution < -0.4 is 0 Å². The van der Waals surface area contributed by atoms with Crippen molar-refractivity contribution in [2.75, 3.05) is 6.61 Å². The van der Waals surface area contributed by atoms with Crippen LogP contribution in [0.4, 0.5) is 4.39 Å². The topological polar surface area (TPSA) is 79.0 Å². The Bertz CT molecular complexity index is 1810. The molecule has 0 saturated heterocycles. The maximum Gasteiger partial charge on any atom is 0.269 e. The number of nitrogens with zero attached hydrogens (tertiary/aromatic N) is 4. The van der Waals surface area contributed by atoms with E-state index in [-0.39, 0.29) is 10.7 Å². The smallest absolute Gasteiger partial charge is 0.269 e. The largest absolute Gasteiger partial charge is 0.416 e. The summed E-state index contributed by atoms with van der Waals surface area (Å²) in [4.78, 5) is 4.65. The van der Waals surface area contributed by atoms with E-state index in [1.54, 1.807) is 54.7 Å². The number of halogens is 1. The first kappa shape index (κ1) is 31.8. The summed E-state index contributed by atoms with van der Waals surface area (Å²) in [6, 6.07) is 18.2. The second kappa shape index (κ2) is 12.8. The summed E-state index contributed by atoms with van der Waals surface area (Å²) in [6.07, 6.45) is 5.93. The number of pyridine rings is 1. The van der Waals surface area contributed by atoms with E-state index in [2.05, 4.69) is 46.5 Å². The quantitative estimate of drug-likeness (QED) is 0.102. The van der Waals surface area contributed by atoms with Crippen molar-refractivity contribution in [3.05, 3.63) is 91.1 Å². The summed E-state index contributed by atoms with van der Waals surface area (Å²) in [5.41, 5.74) is 4.92. The Kier molecular flexibility index (Phi) is 9.24. The second-order valence-corrected chi connectivity index (χ2v) is 19.5. The molecule has 3 heterocycles. The fourth-order valence-electron chi connectivity index (χ4n) is 6.68. The van der Waals surface area contributed by atoms with Crippen molar-refractivity contribution in [3.63, 3.8) is 0 Å². The molecule has 0 aliphatic heterocycles. The van der Waals surface area contributed by atoms with Gasteiger partial charge in [-0.15, -0.1) is 0 Å². The molecule has 44 heavy (non-hydrogen) atoms. The fourth-order valence-corrected chi connectivity index (χ4v) is 13.5. The third-order valence-corrected chi connectivity index (χ3v) is 16.4. The summed E-state index contributed by atoms with van der Waals surface area (Å²) in [7, 11) is -5.82. The minimum atomic E-state index is -3.85. The molecule has 0 aliphatic rings. The molecule has 0 amide bonds. The molecular weight excluding hydrogens is 592 g/mol. The van der Waals surface area contributed by atoms with Crippen molar-refractivity contribution >= 4 is 29.4 Å². The van der Waals surface area contributed by atoms with Crippen molar-refractivity contribution in [1.29, 1.82) is 0 Å². The van der Waals surface area contributed by atoms with Gasteiger partial charge >= 0.3 is 0 Å². The first-order valence-electron chi connectivity index (χ1n) is 15.2. The molecule has 3 aromatic heterocycles. The molecule has 232 valence electrons. The lowest BCUT2D eigenvalue weighted by Crippen LogP contribution is -2.48. The Morgan fingerprint density at radius 3 is 2.16 bits per heavy atom. The number of fused-ring (bicyclic) bond motifs is 1. The van der Waals surface area contributed by atoms with E-state index in [1.165, 1.54) is 22.3 Å². The van der Waals surface area contributed by atoms with Gasteiger partial charge in [0.05, 0.1) is 4.90 Å². The standard InChI is InChI=1S/C34H41FN4O3SSi/c1-24(2)44(25(3)4,26(5)6)42-22-10-20-38-23-32(33(37-38)27-13-15-28(35)16-14-27)30-17-19-36-34-31(30)18-21-39(34)43(40,41)29-11-8-7-9-12-29/h7-9,11-19,21,23-26H,10,20,22H2,1-6H3. The highest BCUT2D eigenvalue weighted by atomic mass is 32.2. The molecule has 0 bridgehead atoms. The molecule has 5 rings (SSSR count). The van der Waals surface area contributed by atoms with Crippen LogP contribution in [0.5, 0.6) is 0 Å². The molecule has 0 fully saturated rings. The Morgan fingerprint density at radius 1 is 0.864 bits per heavy atom. The van der Waals surface area contributed by atoms with Crippen molar-refractivity contribution in [2.45, 2.75) is 76.0 Å². The van der Waals surface area contributed by atoms with Gasteiger partial charge in [-0.2, -0.15) is 5.10 Å². The van der Waals surface area contributed by atoms with E-state index in [9.17, 15) is 12.8 Å². The molecule has 10 heteroatoms. The first-order valence-corrected chi connectivity index (χ1v) is 18.8. The molecule has 7 nitrogen and oxygen atoms in total. The predicted molar refractivity (Wildman–Crippen MR) is 177 cm³/mol. The summed E-state index contributed by atoms with van der Waals surface area (Å²) >= 11 is 0. The van der Waals surface area contributed by atoms with Gasteiger partial charge in [0.25, 0.3) is 10.0 Å². The summed E-state index contributed by atoms with van der Waals surface area (Å²) in [5.74, 6) is -0.325. The molecular formula is C34H41FN4O3SSi. The van der Waals surface area contributed by atoms with Gasteiger partial charge in [-0.1, -0.05) is 59.7 Å². The maximum atomic E-state index is 13.9. The average Bonchev–Trinajstić information content (AvgIpc) is 3.63. The predicted octanol–water partition coefficient (Wildman–Crippen LogP) is 8.53. The molecule has 5 aromatic rings. The molecule has 0 aliphatic carbocycles. The Hall–Kier alpha value is -3.60. The minimum absolute atomic E-state index is 0.186. The SMILES string of the molecule is CC(C)[Si](OCCCn1cc(-c2ccnc3c2ccn3S(=O)(=O)c2ccccc2)c(-c2ccc(F)cc2)n1)(C(C)C)C(C)C. The maximum absolute atomic E-state index is 13.9. The zero-order chi connectivity index (χ0) is 31.6. The molecule has 0 atom stereocenters. The van der Waals surface area contributed by atoms with Crippen LogP contribution in [0.25, 0.3) is 33.4 Å². The fraction of sp³-hybridized carbons (Fsp3) is 0.353. The third-order valence-electron chi connectivity index (χ3n) is 8.61. The highest BCUT2D eigenvalue weighted by Crippen LogP contribution is 2.42. The molecule has 2 aromatic carbocycles. The molecule has 0 N–H and O–H groups in total. The van der Waals surface area contributed by atoms with Crippen LogP contribution in [0.3, 0.4) is 0 Å². The molecule has 0 saturated carbocycles. The minimum Gasteiger partial charge on any atom is -0.416 e. The summed E-state index contributed by atoms with van der Waals surface area (Å²) < 4.78 is 50.7. The first-order chi connectivity index (χ1) is 21.0. The van der Waals surface area contributed by atoms with Crippen LogP contribution in [0.2, 0.25) is 16.6 Å². The van der Waals surface area contributed by atoms with Crippen molar-refractivity contribution in [1.82, 2.24) is 18.7 Å². The van der Waals surface area contributed by atoms with E-state index in [4.69, 9.17) is 9.52 Å². The van der Waals surface area contributed by atoms with E-state index >= 15 is 0 Å². The third kappa shape index (κ3) is 5.90. The summed E-state index contributed by atoms with van der Waals surface area (Å²) in [5, 5.41) is 5.62. The number of benzene rings is 2. The van der Waals surface area contributed by atoms with Crippen LogP contribution in [0, 0.1) is 5.82 Å². The van der Waals surface area contributed by atoms with Crippen molar-refractivity contribution < 1.29 is 17.2 Å². The lowest BCUT2D eigenvalue weighted by atomic mass is 10.0. The van der Waals surface area contributed by atoms with Crippen LogP contribution in [0.1, 0.15) is 48.0 Å². The van der Waals surface area contributed by atoms with Crippen molar-refractivity contribution in [3.8, 4) is 22.4 Å². The van der Waals surface area contributed by atoms with Crippen molar-refractivity contribution in [2.24, 2.45) is 0 Å². The summed E-state index contributed by atoms with van der Waals surface area (Å²) in [6.45, 7) is 15.0. The number of hydrogen-bond acceptors (Lipinski definition) is 5. The van der Waals surface area contributed by atoms with E-state index in [0.717, 1.165) is 23.1 Å². The lowest BCUT2D eigenvalue weighted by molar-refractivity contribution is 0.263. The van der Waals surface area contributed by atoms with Crippen LogP contribution in [-0.2, 0) is 21.0 Å². The zero-order valence-electron chi connectivity index (χ0n) is 26.2. The number of aromatic nitrogens is 4. The van der Waals surface area contributed by atoms with Gasteiger partial charge in [-0.25, -0.2) is 21.8 Å². The van der Waals surface area contributed by atoms with Gasteiger partial charge in [0, 0.05) is 48.3 Å². The lowest BCUT2D eigenvalue weighted by Gasteiger charge is -2.42. The second-order valence-electron chi connectivity index (χ2n) is 12.2. The van der Waals surface area contributed by atoms with Gasteiger partial charge in [0.1, 0.15) is 11.5 Å². The van der Waals surface area contributed by atoms with E-state index in [1.807, 2.05) is 16.9 Å². The Balaban J connectivity index is 1.50. The normalized spacial score (nSPS) is 12.7. The number of hydrogen-bond donors (Lipinski definition) is 0. The van der Waals surface area contributed by atoms with Crippen LogP contribution in [-0.4, -0.2) is 42.1 Å². The van der Waals surface area contributed by atoms with E-state index < -0.39 is 18.3 Å². The molecule has 0 unspecified atom stereocenters. The average molecular weight is 633 g/mol. The van der Waals surface area contributed by atoms with E-state index in [0.29, 0.717) is 46.5 Å². The number of rotatable bonds is 12. The van der Waals surface area contributed by atoms with Crippen LogP contribution >= 0.6 is 0 Å². The highest BCUT2D eigenvalue weighted by molar-refractivity contribution is 7.90. The zero-order valence-corrected chi connectivity index (χ0v) is 28.1. The van der Waals surface area contributed by atoms with Gasteiger partial charge in [-0.3, -0.25) is 4.68 Å². The Morgan fingerprint density at radius 2 is 1.52 bits per heavy atom. The molecule has 0 spiro atoms. The Labute approximate surface area is 260 Å². The van der Waals surface area contributed by atoms with Gasteiger partial charge in [-0.05, 0) is 77.1 Å². The van der Waals surface area contributed by atoms with Gasteiger partial charge in [0.2, 0.25) is 0 Å².